The van der Waals surface area contributed by atoms with Gasteiger partial charge in [0.25, 0.3) is 5.91 Å². The maximum absolute atomic E-state index is 12.6. The average molecular weight is 417 g/mol. The van der Waals surface area contributed by atoms with E-state index in [1.165, 1.54) is 16.4 Å². The van der Waals surface area contributed by atoms with Crippen molar-refractivity contribution in [1.82, 2.24) is 9.62 Å². The molecule has 1 unspecified atom stereocenters. The van der Waals surface area contributed by atoms with Crippen LogP contribution in [0.25, 0.3) is 0 Å². The molecule has 0 aromatic heterocycles. The van der Waals surface area contributed by atoms with Gasteiger partial charge < -0.3 is 10.4 Å². The van der Waals surface area contributed by atoms with Gasteiger partial charge in [-0.1, -0.05) is 30.3 Å². The van der Waals surface area contributed by atoms with Crippen LogP contribution in [0.4, 0.5) is 0 Å². The number of carbonyl (C=O) groups is 1. The Morgan fingerprint density at radius 1 is 1.00 bits per heavy atom. The highest BCUT2D eigenvalue weighted by Gasteiger charge is 2.27. The number of aliphatic hydroxyl groups excluding tert-OH is 1. The summed E-state index contributed by atoms with van der Waals surface area (Å²) in [5, 5.41) is 12.2. The molecule has 2 N–H and O–H groups in total. The van der Waals surface area contributed by atoms with Crippen molar-refractivity contribution in [2.24, 2.45) is 0 Å². The van der Waals surface area contributed by atoms with E-state index in [1.807, 2.05) is 30.3 Å². The molecule has 0 saturated carbocycles. The number of nitrogens with one attached hydrogen (secondary N) is 1. The van der Waals surface area contributed by atoms with Gasteiger partial charge in [-0.3, -0.25) is 4.79 Å². The van der Waals surface area contributed by atoms with E-state index in [0.717, 1.165) is 24.8 Å². The molecule has 1 aliphatic rings. The Morgan fingerprint density at radius 3 is 2.28 bits per heavy atom. The van der Waals surface area contributed by atoms with E-state index in [2.05, 4.69) is 5.32 Å². The predicted molar refractivity (Wildman–Crippen MR) is 112 cm³/mol. The fourth-order valence-corrected chi connectivity index (χ4v) is 5.19. The number of rotatable bonds is 9. The molecule has 7 heteroatoms. The van der Waals surface area contributed by atoms with Gasteiger partial charge >= 0.3 is 0 Å². The minimum Gasteiger partial charge on any atom is -0.396 e. The lowest BCUT2D eigenvalue weighted by molar-refractivity contribution is 0.0952. The second-order valence-corrected chi connectivity index (χ2v) is 9.24. The van der Waals surface area contributed by atoms with E-state index in [4.69, 9.17) is 0 Å². The molecular weight excluding hydrogens is 388 g/mol. The van der Waals surface area contributed by atoms with Crippen molar-refractivity contribution in [1.29, 1.82) is 0 Å². The van der Waals surface area contributed by atoms with Crippen LogP contribution in [0.1, 0.15) is 47.5 Å². The molecule has 1 atom stereocenters. The first-order valence-corrected chi connectivity index (χ1v) is 11.5. The van der Waals surface area contributed by atoms with Crippen LogP contribution in [0.5, 0.6) is 0 Å². The molecule has 1 fully saturated rings. The van der Waals surface area contributed by atoms with Crippen molar-refractivity contribution in [3.63, 3.8) is 0 Å². The maximum Gasteiger partial charge on any atom is 0.251 e. The van der Waals surface area contributed by atoms with Crippen molar-refractivity contribution in [3.05, 3.63) is 65.7 Å². The molecule has 1 heterocycles. The second-order valence-electron chi connectivity index (χ2n) is 7.30. The molecule has 0 bridgehead atoms. The Kier molecular flexibility index (Phi) is 7.41. The zero-order valence-corrected chi connectivity index (χ0v) is 17.3. The van der Waals surface area contributed by atoms with Crippen LogP contribution in [-0.2, 0) is 10.0 Å². The quantitative estimate of drug-likeness (QED) is 0.658. The first kappa shape index (κ1) is 21.5. The van der Waals surface area contributed by atoms with Gasteiger partial charge in [-0.2, -0.15) is 4.31 Å². The van der Waals surface area contributed by atoms with Crippen LogP contribution in [-0.4, -0.2) is 50.0 Å². The SMILES string of the molecule is O=C(NCCC(CCO)c1ccccc1)c1ccc(S(=O)(=O)N2CCCC2)cc1. The summed E-state index contributed by atoms with van der Waals surface area (Å²) in [7, 11) is -3.47. The maximum atomic E-state index is 12.6. The van der Waals surface area contributed by atoms with Crippen LogP contribution in [0, 0.1) is 0 Å². The summed E-state index contributed by atoms with van der Waals surface area (Å²) < 4.78 is 26.6. The molecule has 29 heavy (non-hydrogen) atoms. The van der Waals surface area contributed by atoms with Crippen LogP contribution in [0.3, 0.4) is 0 Å². The largest absolute Gasteiger partial charge is 0.396 e. The molecule has 1 amide bonds. The molecule has 0 radical (unpaired) electrons. The third-order valence-corrected chi connectivity index (χ3v) is 7.26. The van der Waals surface area contributed by atoms with Gasteiger partial charge in [0, 0.05) is 31.8 Å². The van der Waals surface area contributed by atoms with Gasteiger partial charge in [-0.25, -0.2) is 8.42 Å². The highest BCUT2D eigenvalue weighted by Crippen LogP contribution is 2.23. The lowest BCUT2D eigenvalue weighted by Gasteiger charge is -2.17. The molecular formula is C22H28N2O4S. The van der Waals surface area contributed by atoms with Crippen molar-refractivity contribution in [2.75, 3.05) is 26.2 Å². The highest BCUT2D eigenvalue weighted by atomic mass is 32.2. The fourth-order valence-electron chi connectivity index (χ4n) is 3.68. The summed E-state index contributed by atoms with van der Waals surface area (Å²) in [5.74, 6) is -0.0552. The van der Waals surface area contributed by atoms with E-state index in [0.29, 0.717) is 31.6 Å². The first-order valence-electron chi connectivity index (χ1n) is 10.1. The first-order chi connectivity index (χ1) is 14.0. The third-order valence-electron chi connectivity index (χ3n) is 5.35. The number of benzene rings is 2. The molecule has 2 aromatic rings. The predicted octanol–water partition coefficient (Wildman–Crippen LogP) is 2.76. The number of carbonyl (C=O) groups excluding carboxylic acids is 1. The number of hydrogen-bond donors (Lipinski definition) is 2. The van der Waals surface area contributed by atoms with Crippen molar-refractivity contribution < 1.29 is 18.3 Å². The Morgan fingerprint density at radius 2 is 1.66 bits per heavy atom. The van der Waals surface area contributed by atoms with E-state index < -0.39 is 10.0 Å². The summed E-state index contributed by atoms with van der Waals surface area (Å²) in [6, 6.07) is 16.1. The van der Waals surface area contributed by atoms with Gasteiger partial charge in [0.15, 0.2) is 0 Å². The van der Waals surface area contributed by atoms with Gasteiger partial charge in [0.2, 0.25) is 10.0 Å². The fraction of sp³-hybridized carbons (Fsp3) is 0.409. The molecule has 0 spiro atoms. The molecule has 2 aromatic carbocycles. The van der Waals surface area contributed by atoms with Crippen molar-refractivity contribution in [2.45, 2.75) is 36.5 Å². The lowest BCUT2D eigenvalue weighted by atomic mass is 9.93. The van der Waals surface area contributed by atoms with Crippen molar-refractivity contribution >= 4 is 15.9 Å². The second kappa shape index (κ2) is 10.0. The Balaban J connectivity index is 1.56. The van der Waals surface area contributed by atoms with E-state index in [9.17, 15) is 18.3 Å². The number of amides is 1. The lowest BCUT2D eigenvalue weighted by Crippen LogP contribution is -2.28. The molecule has 6 nitrogen and oxygen atoms in total. The topological polar surface area (TPSA) is 86.7 Å². The number of aliphatic hydroxyl groups is 1. The summed E-state index contributed by atoms with van der Waals surface area (Å²) >= 11 is 0. The molecule has 0 aliphatic carbocycles. The van der Waals surface area contributed by atoms with E-state index >= 15 is 0 Å². The average Bonchev–Trinajstić information content (AvgIpc) is 3.30. The van der Waals surface area contributed by atoms with Crippen LogP contribution in [0.2, 0.25) is 0 Å². The van der Waals surface area contributed by atoms with Crippen LogP contribution < -0.4 is 5.32 Å². The molecule has 1 saturated heterocycles. The smallest absolute Gasteiger partial charge is 0.251 e. The Labute approximate surface area is 172 Å². The molecule has 3 rings (SSSR count). The van der Waals surface area contributed by atoms with Gasteiger partial charge in [-0.15, -0.1) is 0 Å². The van der Waals surface area contributed by atoms with E-state index in [1.54, 1.807) is 12.1 Å². The molecule has 156 valence electrons. The molecule has 1 aliphatic heterocycles. The van der Waals surface area contributed by atoms with Crippen molar-refractivity contribution in [3.8, 4) is 0 Å². The monoisotopic (exact) mass is 416 g/mol. The highest BCUT2D eigenvalue weighted by molar-refractivity contribution is 7.89. The summed E-state index contributed by atoms with van der Waals surface area (Å²) in [6.45, 7) is 1.69. The minimum absolute atomic E-state index is 0.0977. The third kappa shape index (κ3) is 5.44. The minimum atomic E-state index is -3.47. The van der Waals surface area contributed by atoms with Crippen LogP contribution in [0.15, 0.2) is 59.5 Å². The Bertz CT molecular complexity index is 892. The van der Waals surface area contributed by atoms with E-state index in [-0.39, 0.29) is 23.3 Å². The summed E-state index contributed by atoms with van der Waals surface area (Å²) in [4.78, 5) is 12.6. The zero-order valence-electron chi connectivity index (χ0n) is 16.5. The normalized spacial score (nSPS) is 15.9. The number of sulfonamides is 1. The van der Waals surface area contributed by atoms with Gasteiger partial charge in [-0.05, 0) is 61.4 Å². The zero-order chi connectivity index (χ0) is 20.7. The number of nitrogens with zero attached hydrogens (tertiary/aromatic N) is 1. The van der Waals surface area contributed by atoms with Crippen LogP contribution >= 0.6 is 0 Å². The van der Waals surface area contributed by atoms with Gasteiger partial charge in [0.1, 0.15) is 0 Å². The standard InChI is InChI=1S/C22H28N2O4S/c25-17-13-19(18-6-2-1-3-7-18)12-14-23-22(26)20-8-10-21(11-9-20)29(27,28)24-15-4-5-16-24/h1-3,6-11,19,25H,4-5,12-17H2,(H,23,26). The summed E-state index contributed by atoms with van der Waals surface area (Å²) in [6.07, 6.45) is 3.14. The van der Waals surface area contributed by atoms with Gasteiger partial charge in [0.05, 0.1) is 4.90 Å². The number of hydrogen-bond acceptors (Lipinski definition) is 4. The summed E-state index contributed by atoms with van der Waals surface area (Å²) in [5.41, 5.74) is 1.58. The Hall–Kier alpha value is -2.22.